The van der Waals surface area contributed by atoms with E-state index >= 15 is 0 Å². The molecule has 1 atom stereocenters. The van der Waals surface area contributed by atoms with Gasteiger partial charge in [-0.25, -0.2) is 0 Å². The van der Waals surface area contributed by atoms with Gasteiger partial charge in [0.2, 0.25) is 5.91 Å². The lowest BCUT2D eigenvalue weighted by Gasteiger charge is -2.30. The minimum atomic E-state index is -0.299. The van der Waals surface area contributed by atoms with Crippen LogP contribution in [0, 0.1) is 0 Å². The minimum absolute atomic E-state index is 0.0810. The number of nitrogen functional groups attached to an aromatic ring is 1. The van der Waals surface area contributed by atoms with Gasteiger partial charge in [-0.1, -0.05) is 6.07 Å². The normalized spacial score (nSPS) is 18.3. The van der Waals surface area contributed by atoms with Gasteiger partial charge in [0.15, 0.2) is 0 Å². The summed E-state index contributed by atoms with van der Waals surface area (Å²) in [6, 6.07) is 6.85. The Labute approximate surface area is 107 Å². The smallest absolute Gasteiger partial charge is 0.243 e. The zero-order valence-electron chi connectivity index (χ0n) is 10.6. The summed E-state index contributed by atoms with van der Waals surface area (Å²) in [4.78, 5) is 17.5. The van der Waals surface area contributed by atoms with Crippen LogP contribution in [0.15, 0.2) is 24.3 Å². The summed E-state index contributed by atoms with van der Waals surface area (Å²) in [7, 11) is 0. The lowest BCUT2D eigenvalue weighted by Crippen LogP contribution is -2.44. The number of hydroxylamine groups is 2. The standard InChI is InChI=1S/C13H19N3O2/c1-10(16-7-2-3-8-18-16)13(17)15-12-6-4-5-11(14)9-12/h4-6,9-10H,2-3,7-8,14H2,1H3,(H,15,17). The largest absolute Gasteiger partial charge is 0.399 e. The van der Waals surface area contributed by atoms with Crippen LogP contribution in [-0.4, -0.2) is 30.2 Å². The Hall–Kier alpha value is -1.59. The Morgan fingerprint density at radius 2 is 2.33 bits per heavy atom. The van der Waals surface area contributed by atoms with Crippen LogP contribution in [0.1, 0.15) is 19.8 Å². The van der Waals surface area contributed by atoms with Gasteiger partial charge in [0.25, 0.3) is 0 Å². The summed E-state index contributed by atoms with van der Waals surface area (Å²) in [6.07, 6.45) is 2.12. The van der Waals surface area contributed by atoms with Crippen molar-refractivity contribution in [3.8, 4) is 0 Å². The molecule has 5 heteroatoms. The van der Waals surface area contributed by atoms with E-state index in [4.69, 9.17) is 10.6 Å². The topological polar surface area (TPSA) is 67.6 Å². The predicted octanol–water partition coefficient (Wildman–Crippen LogP) is 1.62. The number of rotatable bonds is 3. The predicted molar refractivity (Wildman–Crippen MR) is 70.8 cm³/mol. The molecule has 0 aromatic heterocycles. The number of nitrogens with zero attached hydrogens (tertiary/aromatic N) is 1. The molecule has 1 aliphatic rings. The maximum atomic E-state index is 12.0. The van der Waals surface area contributed by atoms with Gasteiger partial charge in [0.1, 0.15) is 6.04 Å². The summed E-state index contributed by atoms with van der Waals surface area (Å²) in [6.45, 7) is 3.33. The zero-order chi connectivity index (χ0) is 13.0. The van der Waals surface area contributed by atoms with Crippen molar-refractivity contribution in [2.45, 2.75) is 25.8 Å². The van der Waals surface area contributed by atoms with Crippen LogP contribution in [0.5, 0.6) is 0 Å². The molecule has 2 rings (SSSR count). The molecule has 0 spiro atoms. The van der Waals surface area contributed by atoms with Crippen LogP contribution in [-0.2, 0) is 9.63 Å². The number of carbonyl (C=O) groups excluding carboxylic acids is 1. The van der Waals surface area contributed by atoms with Crippen LogP contribution >= 0.6 is 0 Å². The molecule has 1 aromatic rings. The van der Waals surface area contributed by atoms with E-state index < -0.39 is 0 Å². The highest BCUT2D eigenvalue weighted by Gasteiger charge is 2.23. The van der Waals surface area contributed by atoms with Crippen molar-refractivity contribution in [3.05, 3.63) is 24.3 Å². The molecule has 0 saturated carbocycles. The van der Waals surface area contributed by atoms with E-state index in [1.54, 1.807) is 17.2 Å². The molecule has 0 radical (unpaired) electrons. The lowest BCUT2D eigenvalue weighted by molar-refractivity contribution is -0.202. The summed E-state index contributed by atoms with van der Waals surface area (Å²) >= 11 is 0. The van der Waals surface area contributed by atoms with E-state index in [1.165, 1.54) is 0 Å². The minimum Gasteiger partial charge on any atom is -0.399 e. The molecule has 5 nitrogen and oxygen atoms in total. The van der Waals surface area contributed by atoms with Gasteiger partial charge in [0, 0.05) is 17.9 Å². The second-order valence-electron chi connectivity index (χ2n) is 4.47. The number of amides is 1. The summed E-state index contributed by atoms with van der Waals surface area (Å²) in [5.74, 6) is -0.0810. The molecule has 3 N–H and O–H groups in total. The van der Waals surface area contributed by atoms with Crippen molar-refractivity contribution in [1.29, 1.82) is 0 Å². The third-order valence-corrected chi connectivity index (χ3v) is 3.00. The SMILES string of the molecule is CC(C(=O)Nc1cccc(N)c1)N1CCCCO1. The molecule has 1 saturated heterocycles. The second kappa shape index (κ2) is 5.84. The Balaban J connectivity index is 1.94. The van der Waals surface area contributed by atoms with Crippen molar-refractivity contribution < 1.29 is 9.63 Å². The Morgan fingerprint density at radius 3 is 3.00 bits per heavy atom. The summed E-state index contributed by atoms with van der Waals surface area (Å²) in [5.41, 5.74) is 7.01. The van der Waals surface area contributed by atoms with E-state index in [-0.39, 0.29) is 11.9 Å². The van der Waals surface area contributed by atoms with E-state index in [1.807, 2.05) is 19.1 Å². The molecule has 1 amide bonds. The first-order chi connectivity index (χ1) is 8.66. The van der Waals surface area contributed by atoms with E-state index in [0.717, 1.165) is 19.4 Å². The third kappa shape index (κ3) is 3.21. The quantitative estimate of drug-likeness (QED) is 0.799. The van der Waals surface area contributed by atoms with Crippen LogP contribution in [0.2, 0.25) is 0 Å². The molecule has 0 aliphatic carbocycles. The van der Waals surface area contributed by atoms with Crippen LogP contribution < -0.4 is 11.1 Å². The van der Waals surface area contributed by atoms with Crippen molar-refractivity contribution in [2.75, 3.05) is 24.2 Å². The Kier molecular flexibility index (Phi) is 4.17. The van der Waals surface area contributed by atoms with Crippen molar-refractivity contribution in [2.24, 2.45) is 0 Å². The first-order valence-corrected chi connectivity index (χ1v) is 6.23. The van der Waals surface area contributed by atoms with E-state index in [9.17, 15) is 4.79 Å². The average molecular weight is 249 g/mol. The molecule has 1 fully saturated rings. The highest BCUT2D eigenvalue weighted by molar-refractivity contribution is 5.94. The van der Waals surface area contributed by atoms with Crippen LogP contribution in [0.4, 0.5) is 11.4 Å². The second-order valence-corrected chi connectivity index (χ2v) is 4.47. The number of nitrogens with two attached hydrogens (primary N) is 1. The first-order valence-electron chi connectivity index (χ1n) is 6.23. The summed E-state index contributed by atoms with van der Waals surface area (Å²) in [5, 5.41) is 4.58. The van der Waals surface area contributed by atoms with Gasteiger partial charge in [-0.2, -0.15) is 5.06 Å². The van der Waals surface area contributed by atoms with Gasteiger partial charge < -0.3 is 11.1 Å². The lowest BCUT2D eigenvalue weighted by atomic mass is 10.2. The highest BCUT2D eigenvalue weighted by atomic mass is 16.7. The van der Waals surface area contributed by atoms with Crippen molar-refractivity contribution >= 4 is 17.3 Å². The monoisotopic (exact) mass is 249 g/mol. The van der Waals surface area contributed by atoms with Crippen LogP contribution in [0.25, 0.3) is 0 Å². The van der Waals surface area contributed by atoms with E-state index in [0.29, 0.717) is 18.0 Å². The fourth-order valence-corrected chi connectivity index (χ4v) is 1.92. The molecule has 98 valence electrons. The van der Waals surface area contributed by atoms with Gasteiger partial charge in [-0.05, 0) is 38.0 Å². The van der Waals surface area contributed by atoms with Gasteiger partial charge in [-0.3, -0.25) is 9.63 Å². The third-order valence-electron chi connectivity index (χ3n) is 3.00. The summed E-state index contributed by atoms with van der Waals surface area (Å²) < 4.78 is 0. The molecular weight excluding hydrogens is 230 g/mol. The maximum absolute atomic E-state index is 12.0. The average Bonchev–Trinajstić information content (AvgIpc) is 2.39. The van der Waals surface area contributed by atoms with Gasteiger partial charge in [0.05, 0.1) is 6.61 Å². The fraction of sp³-hybridized carbons (Fsp3) is 0.462. The molecule has 1 aromatic carbocycles. The molecule has 1 aliphatic heterocycles. The Bertz CT molecular complexity index is 416. The molecule has 1 unspecified atom stereocenters. The number of nitrogens with one attached hydrogen (secondary N) is 1. The zero-order valence-corrected chi connectivity index (χ0v) is 10.6. The van der Waals surface area contributed by atoms with Crippen molar-refractivity contribution in [1.82, 2.24) is 5.06 Å². The fourth-order valence-electron chi connectivity index (χ4n) is 1.92. The maximum Gasteiger partial charge on any atom is 0.243 e. The molecular formula is C13H19N3O2. The number of hydrogen-bond acceptors (Lipinski definition) is 4. The highest BCUT2D eigenvalue weighted by Crippen LogP contribution is 2.15. The van der Waals surface area contributed by atoms with Crippen LogP contribution in [0.3, 0.4) is 0 Å². The van der Waals surface area contributed by atoms with E-state index in [2.05, 4.69) is 5.32 Å². The molecule has 0 bridgehead atoms. The van der Waals surface area contributed by atoms with Crippen molar-refractivity contribution in [3.63, 3.8) is 0 Å². The number of anilines is 2. The number of carbonyl (C=O) groups is 1. The first kappa shape index (κ1) is 12.9. The molecule has 18 heavy (non-hydrogen) atoms. The number of benzene rings is 1. The molecule has 1 heterocycles. The van der Waals surface area contributed by atoms with Gasteiger partial charge >= 0.3 is 0 Å². The van der Waals surface area contributed by atoms with Gasteiger partial charge in [-0.15, -0.1) is 0 Å². The number of hydrogen-bond donors (Lipinski definition) is 2. The Morgan fingerprint density at radius 1 is 1.50 bits per heavy atom.